The molecule has 1 heterocycles. The van der Waals surface area contributed by atoms with Gasteiger partial charge in [-0.2, -0.15) is 0 Å². The molecule has 1 aliphatic heterocycles. The maximum Gasteiger partial charge on any atom is 0.242 e. The van der Waals surface area contributed by atoms with Crippen molar-refractivity contribution in [3.63, 3.8) is 0 Å². The third-order valence-electron chi connectivity index (χ3n) is 3.82. The number of benzene rings is 1. The summed E-state index contributed by atoms with van der Waals surface area (Å²) in [6, 6.07) is 5.17. The highest BCUT2D eigenvalue weighted by Gasteiger charge is 2.21. The van der Waals surface area contributed by atoms with Gasteiger partial charge in [-0.25, -0.2) is 12.7 Å². The molecular formula is C15H23N3O3S. The van der Waals surface area contributed by atoms with Crippen LogP contribution in [0.4, 0.5) is 5.69 Å². The van der Waals surface area contributed by atoms with E-state index in [1.807, 2.05) is 0 Å². The van der Waals surface area contributed by atoms with Gasteiger partial charge in [0.2, 0.25) is 15.9 Å². The third-order valence-corrected chi connectivity index (χ3v) is 5.78. The van der Waals surface area contributed by atoms with E-state index in [0.29, 0.717) is 17.7 Å². The predicted molar refractivity (Wildman–Crippen MR) is 86.3 cm³/mol. The number of carbonyl (C=O) groups excluding carboxylic acids is 1. The fourth-order valence-corrected chi connectivity index (χ4v) is 3.66. The van der Waals surface area contributed by atoms with Crippen molar-refractivity contribution in [1.82, 2.24) is 9.62 Å². The molecule has 1 amide bonds. The smallest absolute Gasteiger partial charge is 0.242 e. The van der Waals surface area contributed by atoms with Crippen molar-refractivity contribution in [3.05, 3.63) is 23.8 Å². The normalized spacial score (nSPS) is 18.6. The molecule has 6 nitrogen and oxygen atoms in total. The van der Waals surface area contributed by atoms with Crippen molar-refractivity contribution < 1.29 is 13.2 Å². The predicted octanol–water partition coefficient (Wildman–Crippen LogP) is 1.33. The second-order valence-corrected chi connectivity index (χ2v) is 7.93. The monoisotopic (exact) mass is 325 g/mol. The van der Waals surface area contributed by atoms with E-state index >= 15 is 0 Å². The second kappa shape index (κ2) is 6.76. The zero-order chi connectivity index (χ0) is 16.3. The minimum absolute atomic E-state index is 0.101. The lowest BCUT2D eigenvalue weighted by molar-refractivity contribution is -0.116. The highest BCUT2D eigenvalue weighted by molar-refractivity contribution is 7.89. The van der Waals surface area contributed by atoms with E-state index in [9.17, 15) is 13.2 Å². The van der Waals surface area contributed by atoms with Gasteiger partial charge in [0.25, 0.3) is 0 Å². The van der Waals surface area contributed by atoms with Crippen LogP contribution in [-0.4, -0.2) is 45.3 Å². The highest BCUT2D eigenvalue weighted by atomic mass is 32.2. The molecule has 1 unspecified atom stereocenters. The molecule has 7 heteroatoms. The minimum atomic E-state index is -3.52. The van der Waals surface area contributed by atoms with Crippen molar-refractivity contribution in [1.29, 1.82) is 0 Å². The number of rotatable bonds is 5. The Labute approximate surface area is 131 Å². The van der Waals surface area contributed by atoms with E-state index in [2.05, 4.69) is 10.6 Å². The number of nitrogens with zero attached hydrogens (tertiary/aromatic N) is 1. The summed E-state index contributed by atoms with van der Waals surface area (Å²) in [5, 5.41) is 6.06. The Morgan fingerprint density at radius 1 is 1.41 bits per heavy atom. The van der Waals surface area contributed by atoms with Crippen molar-refractivity contribution in [2.75, 3.05) is 26.0 Å². The van der Waals surface area contributed by atoms with Crippen molar-refractivity contribution in [3.8, 4) is 0 Å². The maximum atomic E-state index is 12.3. The van der Waals surface area contributed by atoms with Gasteiger partial charge in [0, 0.05) is 32.2 Å². The summed E-state index contributed by atoms with van der Waals surface area (Å²) in [5.41, 5.74) is 1.16. The molecule has 0 spiro atoms. The first-order valence-electron chi connectivity index (χ1n) is 7.37. The molecule has 1 fully saturated rings. The molecule has 2 N–H and O–H groups in total. The fraction of sp³-hybridized carbons (Fsp3) is 0.533. The third kappa shape index (κ3) is 3.85. The molecule has 0 radical (unpaired) electrons. The molecule has 1 aromatic carbocycles. The van der Waals surface area contributed by atoms with Crippen molar-refractivity contribution in [2.24, 2.45) is 0 Å². The van der Waals surface area contributed by atoms with Crippen LogP contribution in [0, 0.1) is 6.92 Å². The summed E-state index contributed by atoms with van der Waals surface area (Å²) in [4.78, 5) is 12.3. The number of hydrogen-bond acceptors (Lipinski definition) is 4. The quantitative estimate of drug-likeness (QED) is 0.856. The van der Waals surface area contributed by atoms with Crippen LogP contribution in [0.3, 0.4) is 0 Å². The Kier molecular flexibility index (Phi) is 5.20. The fourth-order valence-electron chi connectivity index (χ4n) is 2.52. The topological polar surface area (TPSA) is 78.5 Å². The van der Waals surface area contributed by atoms with Crippen LogP contribution in [0.5, 0.6) is 0 Å². The number of hydrogen-bond donors (Lipinski definition) is 2. The molecule has 0 bridgehead atoms. The van der Waals surface area contributed by atoms with Crippen LogP contribution in [-0.2, 0) is 14.8 Å². The summed E-state index contributed by atoms with van der Waals surface area (Å²) >= 11 is 0. The number of amides is 1. The van der Waals surface area contributed by atoms with E-state index in [0.717, 1.165) is 19.4 Å². The zero-order valence-corrected chi connectivity index (χ0v) is 14.0. The van der Waals surface area contributed by atoms with Crippen molar-refractivity contribution >= 4 is 21.6 Å². The van der Waals surface area contributed by atoms with Gasteiger partial charge in [0.1, 0.15) is 0 Å². The Morgan fingerprint density at radius 3 is 2.73 bits per heavy atom. The Hall–Kier alpha value is -1.44. The summed E-state index contributed by atoms with van der Waals surface area (Å²) < 4.78 is 25.7. The first kappa shape index (κ1) is 16.9. The number of carbonyl (C=O) groups is 1. The first-order chi connectivity index (χ1) is 10.3. The molecule has 22 heavy (non-hydrogen) atoms. The maximum absolute atomic E-state index is 12.3. The van der Waals surface area contributed by atoms with E-state index in [4.69, 9.17) is 0 Å². The van der Waals surface area contributed by atoms with Crippen LogP contribution in [0.25, 0.3) is 0 Å². The number of sulfonamides is 1. The number of nitrogens with one attached hydrogen (secondary N) is 2. The lowest BCUT2D eigenvalue weighted by Crippen LogP contribution is -2.27. The van der Waals surface area contributed by atoms with Gasteiger partial charge in [-0.1, -0.05) is 6.07 Å². The highest BCUT2D eigenvalue weighted by Crippen LogP contribution is 2.22. The molecular weight excluding hydrogens is 302 g/mol. The summed E-state index contributed by atoms with van der Waals surface area (Å²) in [6.07, 6.45) is 2.50. The minimum Gasteiger partial charge on any atom is -0.326 e. The molecule has 122 valence electrons. The Morgan fingerprint density at radius 2 is 2.14 bits per heavy atom. The molecule has 1 aromatic rings. The van der Waals surface area contributed by atoms with Crippen LogP contribution < -0.4 is 10.6 Å². The molecule has 1 aliphatic rings. The Balaban J connectivity index is 2.14. The molecule has 1 saturated heterocycles. The molecule has 0 saturated carbocycles. The summed E-state index contributed by atoms with van der Waals surface area (Å²) in [6.45, 7) is 2.69. The Bertz CT molecular complexity index is 650. The molecule has 0 aromatic heterocycles. The van der Waals surface area contributed by atoms with Gasteiger partial charge in [-0.15, -0.1) is 0 Å². The van der Waals surface area contributed by atoms with Crippen LogP contribution in [0.2, 0.25) is 0 Å². The van der Waals surface area contributed by atoms with Crippen LogP contribution in [0.15, 0.2) is 23.1 Å². The van der Waals surface area contributed by atoms with E-state index < -0.39 is 10.0 Å². The molecule has 2 rings (SSSR count). The SMILES string of the molecule is Cc1ccc(NC(=O)CC2CCCN2)cc1S(=O)(=O)N(C)C. The standard InChI is InChI=1S/C15H23N3O3S/c1-11-6-7-13(9-14(11)22(20,21)18(2)3)17-15(19)10-12-5-4-8-16-12/h6-7,9,12,16H,4-5,8,10H2,1-3H3,(H,17,19). The van der Waals surface area contributed by atoms with Gasteiger partial charge in [0.15, 0.2) is 0 Å². The molecule has 1 atom stereocenters. The van der Waals surface area contributed by atoms with Gasteiger partial charge in [-0.3, -0.25) is 4.79 Å². The van der Waals surface area contributed by atoms with E-state index in [1.54, 1.807) is 19.1 Å². The van der Waals surface area contributed by atoms with Crippen LogP contribution >= 0.6 is 0 Å². The van der Waals surface area contributed by atoms with Gasteiger partial charge in [0.05, 0.1) is 4.90 Å². The largest absolute Gasteiger partial charge is 0.326 e. The molecule has 0 aliphatic carbocycles. The average Bonchev–Trinajstić information content (AvgIpc) is 2.93. The zero-order valence-electron chi connectivity index (χ0n) is 13.2. The first-order valence-corrected chi connectivity index (χ1v) is 8.81. The second-order valence-electron chi connectivity index (χ2n) is 5.81. The van der Waals surface area contributed by atoms with Gasteiger partial charge < -0.3 is 10.6 Å². The van der Waals surface area contributed by atoms with Gasteiger partial charge in [-0.05, 0) is 44.0 Å². The number of anilines is 1. The summed E-state index contributed by atoms with van der Waals surface area (Å²) in [5.74, 6) is -0.101. The van der Waals surface area contributed by atoms with Crippen molar-refractivity contribution in [2.45, 2.75) is 37.1 Å². The lowest BCUT2D eigenvalue weighted by Gasteiger charge is -2.15. The average molecular weight is 325 g/mol. The van der Waals surface area contributed by atoms with Crippen LogP contribution in [0.1, 0.15) is 24.8 Å². The summed E-state index contributed by atoms with van der Waals surface area (Å²) in [7, 11) is -0.535. The lowest BCUT2D eigenvalue weighted by atomic mass is 10.1. The van der Waals surface area contributed by atoms with Gasteiger partial charge >= 0.3 is 0 Å². The van der Waals surface area contributed by atoms with E-state index in [-0.39, 0.29) is 16.8 Å². The van der Waals surface area contributed by atoms with E-state index in [1.165, 1.54) is 24.5 Å². The number of aryl methyl sites for hydroxylation is 1.